The molecule has 0 spiro atoms. The van der Waals surface area contributed by atoms with Gasteiger partial charge in [0.15, 0.2) is 0 Å². The first-order valence-corrected chi connectivity index (χ1v) is 7.52. The van der Waals surface area contributed by atoms with Crippen LogP contribution in [0.1, 0.15) is 31.2 Å². The lowest BCUT2D eigenvalue weighted by molar-refractivity contribution is 0.120. The monoisotopic (exact) mass is 316 g/mol. The predicted molar refractivity (Wildman–Crippen MR) is 75.3 cm³/mol. The van der Waals surface area contributed by atoms with Crippen LogP contribution in [0.2, 0.25) is 0 Å². The normalized spacial score (nSPS) is 16.2. The molecule has 1 aromatic rings. The second kappa shape index (κ2) is 6.72. The Morgan fingerprint density at radius 1 is 1.41 bits per heavy atom. The third-order valence-corrected chi connectivity index (χ3v) is 4.02. The van der Waals surface area contributed by atoms with Crippen LogP contribution >= 0.6 is 27.5 Å². The molecule has 1 aromatic heterocycles. The number of hydrogen-bond donors (Lipinski definition) is 0. The molecule has 0 aliphatic heterocycles. The molecule has 1 aliphatic carbocycles. The zero-order valence-electron chi connectivity index (χ0n) is 9.91. The second-order valence-electron chi connectivity index (χ2n) is 4.61. The van der Waals surface area contributed by atoms with E-state index in [4.69, 9.17) is 11.6 Å². The van der Waals surface area contributed by atoms with Crippen molar-refractivity contribution in [3.05, 3.63) is 28.5 Å². The first kappa shape index (κ1) is 13.3. The molecular weight excluding hydrogens is 300 g/mol. The lowest BCUT2D eigenvalue weighted by Gasteiger charge is -2.37. The topological polar surface area (TPSA) is 16.1 Å². The number of halogens is 2. The Hall–Kier alpha value is -0.120. The van der Waals surface area contributed by atoms with Crippen molar-refractivity contribution in [2.75, 3.05) is 12.4 Å². The van der Waals surface area contributed by atoms with Crippen molar-refractivity contribution >= 4 is 27.5 Å². The Labute approximate surface area is 116 Å². The SMILES string of the molecule is ClCCCN(Cc1cncc(Br)c1)C1CCC1. The van der Waals surface area contributed by atoms with Crippen molar-refractivity contribution < 1.29 is 0 Å². The fraction of sp³-hybridized carbons (Fsp3) is 0.615. The first-order valence-electron chi connectivity index (χ1n) is 6.19. The van der Waals surface area contributed by atoms with Crippen molar-refractivity contribution in [1.29, 1.82) is 0 Å². The molecule has 0 bridgehead atoms. The molecule has 0 saturated heterocycles. The second-order valence-corrected chi connectivity index (χ2v) is 5.90. The zero-order valence-corrected chi connectivity index (χ0v) is 12.3. The van der Waals surface area contributed by atoms with Gasteiger partial charge in [-0.3, -0.25) is 9.88 Å². The fourth-order valence-electron chi connectivity index (χ4n) is 2.18. The molecule has 0 radical (unpaired) electrons. The highest BCUT2D eigenvalue weighted by Gasteiger charge is 2.24. The summed E-state index contributed by atoms with van der Waals surface area (Å²) in [6.07, 6.45) is 8.90. The number of rotatable bonds is 6. The van der Waals surface area contributed by atoms with E-state index in [1.807, 2.05) is 12.4 Å². The quantitative estimate of drug-likeness (QED) is 0.741. The minimum atomic E-state index is 0.750. The van der Waals surface area contributed by atoms with E-state index in [1.165, 1.54) is 24.8 Å². The molecule has 0 atom stereocenters. The summed E-state index contributed by atoms with van der Waals surface area (Å²) in [7, 11) is 0. The molecule has 0 N–H and O–H groups in total. The van der Waals surface area contributed by atoms with Crippen LogP contribution in [-0.2, 0) is 6.54 Å². The van der Waals surface area contributed by atoms with E-state index in [0.717, 1.165) is 35.9 Å². The number of aromatic nitrogens is 1. The summed E-state index contributed by atoms with van der Waals surface area (Å²) in [5, 5.41) is 0. The van der Waals surface area contributed by atoms with Gasteiger partial charge >= 0.3 is 0 Å². The van der Waals surface area contributed by atoms with Gasteiger partial charge in [-0.1, -0.05) is 6.42 Å². The highest BCUT2D eigenvalue weighted by atomic mass is 79.9. The Balaban J connectivity index is 1.95. The fourth-order valence-corrected chi connectivity index (χ4v) is 2.71. The number of pyridine rings is 1. The van der Waals surface area contributed by atoms with Crippen molar-refractivity contribution in [2.45, 2.75) is 38.3 Å². The highest BCUT2D eigenvalue weighted by molar-refractivity contribution is 9.10. The van der Waals surface area contributed by atoms with Crippen LogP contribution in [0.4, 0.5) is 0 Å². The van der Waals surface area contributed by atoms with E-state index >= 15 is 0 Å². The van der Waals surface area contributed by atoms with E-state index in [2.05, 4.69) is 31.9 Å². The van der Waals surface area contributed by atoms with E-state index in [9.17, 15) is 0 Å². The molecule has 2 rings (SSSR count). The Morgan fingerprint density at radius 3 is 2.82 bits per heavy atom. The summed E-state index contributed by atoms with van der Waals surface area (Å²) < 4.78 is 1.06. The van der Waals surface area contributed by atoms with E-state index in [1.54, 1.807) is 0 Å². The number of hydrogen-bond acceptors (Lipinski definition) is 2. The number of nitrogens with zero attached hydrogens (tertiary/aromatic N) is 2. The minimum absolute atomic E-state index is 0.750. The van der Waals surface area contributed by atoms with Gasteiger partial charge in [-0.2, -0.15) is 0 Å². The van der Waals surface area contributed by atoms with Crippen LogP contribution in [0.15, 0.2) is 22.9 Å². The maximum atomic E-state index is 5.79. The highest BCUT2D eigenvalue weighted by Crippen LogP contribution is 2.26. The maximum Gasteiger partial charge on any atom is 0.0410 e. The zero-order chi connectivity index (χ0) is 12.1. The van der Waals surface area contributed by atoms with Crippen molar-refractivity contribution in [3.63, 3.8) is 0 Å². The molecule has 17 heavy (non-hydrogen) atoms. The number of alkyl halides is 1. The Kier molecular flexibility index (Phi) is 5.26. The van der Waals surface area contributed by atoms with Crippen LogP contribution in [0.3, 0.4) is 0 Å². The standard InChI is InChI=1S/C13H18BrClN2/c14-12-7-11(8-16-9-12)10-17(6-2-5-15)13-3-1-4-13/h7-9,13H,1-6,10H2. The molecule has 4 heteroatoms. The van der Waals surface area contributed by atoms with E-state index < -0.39 is 0 Å². The van der Waals surface area contributed by atoms with Gasteiger partial charge in [0.1, 0.15) is 0 Å². The van der Waals surface area contributed by atoms with Crippen molar-refractivity contribution in [2.24, 2.45) is 0 Å². The predicted octanol–water partition coefficient (Wildman–Crippen LogP) is 3.83. The van der Waals surface area contributed by atoms with Crippen LogP contribution in [0.25, 0.3) is 0 Å². The molecule has 1 aliphatic rings. The summed E-state index contributed by atoms with van der Waals surface area (Å²) in [4.78, 5) is 6.77. The van der Waals surface area contributed by atoms with E-state index in [0.29, 0.717) is 0 Å². The summed E-state index contributed by atoms with van der Waals surface area (Å²) in [6, 6.07) is 2.91. The van der Waals surface area contributed by atoms with Gasteiger partial charge < -0.3 is 0 Å². The van der Waals surface area contributed by atoms with Gasteiger partial charge in [0.05, 0.1) is 0 Å². The largest absolute Gasteiger partial charge is 0.296 e. The maximum absolute atomic E-state index is 5.79. The van der Waals surface area contributed by atoms with Gasteiger partial charge in [-0.05, 0) is 53.4 Å². The molecule has 0 amide bonds. The average molecular weight is 318 g/mol. The molecule has 1 fully saturated rings. The van der Waals surface area contributed by atoms with Crippen LogP contribution in [-0.4, -0.2) is 28.4 Å². The Bertz CT molecular complexity index is 355. The van der Waals surface area contributed by atoms with Gasteiger partial charge in [0, 0.05) is 35.3 Å². The average Bonchev–Trinajstić information content (AvgIpc) is 2.23. The molecule has 1 heterocycles. The lowest BCUT2D eigenvalue weighted by Crippen LogP contribution is -2.40. The van der Waals surface area contributed by atoms with Crippen LogP contribution in [0, 0.1) is 0 Å². The molecule has 1 saturated carbocycles. The van der Waals surface area contributed by atoms with Gasteiger partial charge in [-0.25, -0.2) is 0 Å². The van der Waals surface area contributed by atoms with Crippen molar-refractivity contribution in [3.8, 4) is 0 Å². The van der Waals surface area contributed by atoms with E-state index in [-0.39, 0.29) is 0 Å². The summed E-state index contributed by atoms with van der Waals surface area (Å²) >= 11 is 9.26. The molecule has 0 aromatic carbocycles. The summed E-state index contributed by atoms with van der Waals surface area (Å²) in [6.45, 7) is 2.09. The minimum Gasteiger partial charge on any atom is -0.296 e. The first-order chi connectivity index (χ1) is 8.29. The Morgan fingerprint density at radius 2 is 2.24 bits per heavy atom. The van der Waals surface area contributed by atoms with Gasteiger partial charge in [0.2, 0.25) is 0 Å². The van der Waals surface area contributed by atoms with Gasteiger partial charge in [0.25, 0.3) is 0 Å². The molecule has 0 unspecified atom stereocenters. The molecule has 94 valence electrons. The third-order valence-electron chi connectivity index (χ3n) is 3.32. The van der Waals surface area contributed by atoms with Crippen LogP contribution in [0.5, 0.6) is 0 Å². The van der Waals surface area contributed by atoms with Crippen LogP contribution < -0.4 is 0 Å². The summed E-state index contributed by atoms with van der Waals surface area (Å²) in [5.74, 6) is 0.750. The van der Waals surface area contributed by atoms with Crippen molar-refractivity contribution in [1.82, 2.24) is 9.88 Å². The third kappa shape index (κ3) is 3.94. The van der Waals surface area contributed by atoms with Gasteiger partial charge in [-0.15, -0.1) is 11.6 Å². The lowest BCUT2D eigenvalue weighted by atomic mass is 9.91. The molecule has 2 nitrogen and oxygen atoms in total. The smallest absolute Gasteiger partial charge is 0.0410 e. The molecular formula is C13H18BrClN2. The summed E-state index contributed by atoms with van der Waals surface area (Å²) in [5.41, 5.74) is 1.28.